The molecule has 106 valence electrons. The molecular weight excluding hydrogens is 278 g/mol. The zero-order valence-electron chi connectivity index (χ0n) is 10.9. The van der Waals surface area contributed by atoms with E-state index in [1.165, 1.54) is 22.3 Å². The molecule has 1 aromatic rings. The van der Waals surface area contributed by atoms with Gasteiger partial charge >= 0.3 is 5.97 Å². The Morgan fingerprint density at radius 2 is 1.95 bits per heavy atom. The largest absolute Gasteiger partial charge is 0.478 e. The van der Waals surface area contributed by atoms with Crippen LogP contribution in [-0.2, 0) is 20.9 Å². The number of carboxylic acids is 1. The average Bonchev–Trinajstić information content (AvgIpc) is 2.78. The summed E-state index contributed by atoms with van der Waals surface area (Å²) in [7, 11) is 0. The summed E-state index contributed by atoms with van der Waals surface area (Å²) in [4.78, 5) is 36.5. The first-order valence-electron chi connectivity index (χ1n) is 6.38. The standard InChI is InChI=1S/C14H15NO4S/c16-12-3-1-2-4-13(17)15(12)9-11-10(7-8-20-11)5-6-14(18)19/h5-8H,1-4,9H2,(H,18,19). The van der Waals surface area contributed by atoms with Crippen molar-refractivity contribution in [2.24, 2.45) is 0 Å². The van der Waals surface area contributed by atoms with E-state index in [0.29, 0.717) is 12.8 Å². The highest BCUT2D eigenvalue weighted by molar-refractivity contribution is 7.10. The highest BCUT2D eigenvalue weighted by Gasteiger charge is 2.24. The molecule has 2 rings (SSSR count). The Labute approximate surface area is 120 Å². The zero-order chi connectivity index (χ0) is 14.5. The van der Waals surface area contributed by atoms with Crippen molar-refractivity contribution in [1.29, 1.82) is 0 Å². The second-order valence-electron chi connectivity index (χ2n) is 4.55. The van der Waals surface area contributed by atoms with Crippen molar-refractivity contribution in [3.8, 4) is 0 Å². The molecular formula is C14H15NO4S. The number of imide groups is 1. The third kappa shape index (κ3) is 3.54. The Morgan fingerprint density at radius 3 is 2.55 bits per heavy atom. The van der Waals surface area contributed by atoms with E-state index < -0.39 is 5.97 Å². The molecule has 1 aromatic heterocycles. The molecule has 0 unspecified atom stereocenters. The molecule has 1 aliphatic heterocycles. The van der Waals surface area contributed by atoms with Gasteiger partial charge in [0, 0.05) is 23.8 Å². The molecule has 1 N–H and O–H groups in total. The summed E-state index contributed by atoms with van der Waals surface area (Å²) in [6, 6.07) is 1.78. The minimum Gasteiger partial charge on any atom is -0.478 e. The van der Waals surface area contributed by atoms with Crippen molar-refractivity contribution in [1.82, 2.24) is 4.90 Å². The minimum atomic E-state index is -1.02. The molecule has 5 nitrogen and oxygen atoms in total. The first kappa shape index (κ1) is 14.5. The Kier molecular flexibility index (Phi) is 4.68. The Balaban J connectivity index is 2.16. The van der Waals surface area contributed by atoms with Crippen LogP contribution in [0.5, 0.6) is 0 Å². The number of hydrogen-bond acceptors (Lipinski definition) is 4. The third-order valence-corrected chi connectivity index (χ3v) is 4.04. The first-order valence-corrected chi connectivity index (χ1v) is 7.26. The molecule has 0 bridgehead atoms. The summed E-state index contributed by atoms with van der Waals surface area (Å²) in [6.45, 7) is 0.231. The number of carboxylic acid groups (broad SMARTS) is 1. The maximum absolute atomic E-state index is 11.9. The number of hydrogen-bond donors (Lipinski definition) is 1. The van der Waals surface area contributed by atoms with E-state index >= 15 is 0 Å². The molecule has 1 fully saturated rings. The number of likely N-dealkylation sites (tertiary alicyclic amines) is 1. The van der Waals surface area contributed by atoms with Crippen molar-refractivity contribution >= 4 is 35.2 Å². The summed E-state index contributed by atoms with van der Waals surface area (Å²) in [5.41, 5.74) is 0.738. The van der Waals surface area contributed by atoms with Crippen molar-refractivity contribution in [3.05, 3.63) is 28.0 Å². The summed E-state index contributed by atoms with van der Waals surface area (Å²) >= 11 is 1.42. The van der Waals surface area contributed by atoms with Crippen LogP contribution < -0.4 is 0 Å². The van der Waals surface area contributed by atoms with Crippen LogP contribution in [0.25, 0.3) is 6.08 Å². The van der Waals surface area contributed by atoms with Crippen LogP contribution in [0.1, 0.15) is 36.1 Å². The van der Waals surface area contributed by atoms with Crippen LogP contribution in [0.3, 0.4) is 0 Å². The van der Waals surface area contributed by atoms with Gasteiger partial charge in [0.05, 0.1) is 6.54 Å². The Hall–Kier alpha value is -1.95. The molecule has 1 aliphatic rings. The van der Waals surface area contributed by atoms with Gasteiger partial charge in [-0.1, -0.05) is 0 Å². The second-order valence-corrected chi connectivity index (χ2v) is 5.55. The van der Waals surface area contributed by atoms with Gasteiger partial charge in [-0.05, 0) is 35.9 Å². The molecule has 20 heavy (non-hydrogen) atoms. The molecule has 2 heterocycles. The van der Waals surface area contributed by atoms with Crippen LogP contribution in [-0.4, -0.2) is 27.8 Å². The number of amides is 2. The van der Waals surface area contributed by atoms with Gasteiger partial charge in [0.2, 0.25) is 11.8 Å². The first-order chi connectivity index (χ1) is 9.58. The SMILES string of the molecule is O=C(O)C=Cc1ccsc1CN1C(=O)CCCCC1=O. The van der Waals surface area contributed by atoms with Crippen LogP contribution in [0.4, 0.5) is 0 Å². The normalized spacial score (nSPS) is 16.7. The third-order valence-electron chi connectivity index (χ3n) is 3.12. The maximum Gasteiger partial charge on any atom is 0.328 e. The quantitative estimate of drug-likeness (QED) is 0.682. The fourth-order valence-corrected chi connectivity index (χ4v) is 2.92. The van der Waals surface area contributed by atoms with Gasteiger partial charge in [0.15, 0.2) is 0 Å². The smallest absolute Gasteiger partial charge is 0.328 e. The predicted molar refractivity (Wildman–Crippen MR) is 75.0 cm³/mol. The molecule has 2 amide bonds. The molecule has 0 aromatic carbocycles. The van der Waals surface area contributed by atoms with E-state index in [0.717, 1.165) is 29.4 Å². The van der Waals surface area contributed by atoms with Gasteiger partial charge in [-0.25, -0.2) is 4.79 Å². The highest BCUT2D eigenvalue weighted by Crippen LogP contribution is 2.23. The van der Waals surface area contributed by atoms with Crippen molar-refractivity contribution in [2.75, 3.05) is 0 Å². The predicted octanol–water partition coefficient (Wildman–Crippen LogP) is 2.28. The number of nitrogens with zero attached hydrogens (tertiary/aromatic N) is 1. The number of aliphatic carboxylic acids is 1. The van der Waals surface area contributed by atoms with Crippen LogP contribution >= 0.6 is 11.3 Å². The van der Waals surface area contributed by atoms with Crippen molar-refractivity contribution < 1.29 is 19.5 Å². The van der Waals surface area contributed by atoms with Gasteiger partial charge in [-0.2, -0.15) is 0 Å². The van der Waals surface area contributed by atoms with Crippen LogP contribution in [0.15, 0.2) is 17.5 Å². The highest BCUT2D eigenvalue weighted by atomic mass is 32.1. The zero-order valence-corrected chi connectivity index (χ0v) is 11.7. The van der Waals surface area contributed by atoms with E-state index in [-0.39, 0.29) is 18.4 Å². The minimum absolute atomic E-state index is 0.144. The lowest BCUT2D eigenvalue weighted by atomic mass is 10.2. The monoisotopic (exact) mass is 293 g/mol. The van der Waals surface area contributed by atoms with Crippen LogP contribution in [0, 0.1) is 0 Å². The molecule has 0 atom stereocenters. The molecule has 1 saturated heterocycles. The van der Waals surface area contributed by atoms with E-state index in [9.17, 15) is 14.4 Å². The lowest BCUT2D eigenvalue weighted by molar-refractivity contribution is -0.144. The molecule has 0 spiro atoms. The van der Waals surface area contributed by atoms with Gasteiger partial charge in [-0.15, -0.1) is 11.3 Å². The van der Waals surface area contributed by atoms with Crippen molar-refractivity contribution in [3.63, 3.8) is 0 Å². The topological polar surface area (TPSA) is 74.7 Å². The molecule has 6 heteroatoms. The summed E-state index contributed by atoms with van der Waals surface area (Å²) in [5.74, 6) is -1.31. The molecule has 0 radical (unpaired) electrons. The van der Waals surface area contributed by atoms with Gasteiger partial charge in [-0.3, -0.25) is 14.5 Å². The van der Waals surface area contributed by atoms with E-state index in [2.05, 4.69) is 0 Å². The summed E-state index contributed by atoms with van der Waals surface area (Å²) in [5, 5.41) is 10.5. The van der Waals surface area contributed by atoms with E-state index in [1.807, 2.05) is 5.38 Å². The number of thiophene rings is 1. The fourth-order valence-electron chi connectivity index (χ4n) is 2.07. The lowest BCUT2D eigenvalue weighted by Gasteiger charge is -2.18. The number of carbonyl (C=O) groups is 3. The molecule has 0 saturated carbocycles. The average molecular weight is 293 g/mol. The van der Waals surface area contributed by atoms with E-state index in [1.54, 1.807) is 6.07 Å². The van der Waals surface area contributed by atoms with E-state index in [4.69, 9.17) is 5.11 Å². The second kappa shape index (κ2) is 6.47. The summed E-state index contributed by atoms with van der Waals surface area (Å²) < 4.78 is 0. The fraction of sp³-hybridized carbons (Fsp3) is 0.357. The Bertz CT molecular complexity index is 543. The van der Waals surface area contributed by atoms with Crippen LogP contribution in [0.2, 0.25) is 0 Å². The lowest BCUT2D eigenvalue weighted by Crippen LogP contribution is -2.34. The van der Waals surface area contributed by atoms with Gasteiger partial charge in [0.1, 0.15) is 0 Å². The molecule has 0 aliphatic carbocycles. The Morgan fingerprint density at radius 1 is 1.30 bits per heavy atom. The summed E-state index contributed by atoms with van der Waals surface area (Å²) in [6.07, 6.45) is 4.84. The number of carbonyl (C=O) groups excluding carboxylic acids is 2. The van der Waals surface area contributed by atoms with Crippen molar-refractivity contribution in [2.45, 2.75) is 32.2 Å². The van der Waals surface area contributed by atoms with Gasteiger partial charge < -0.3 is 5.11 Å². The maximum atomic E-state index is 11.9. The van der Waals surface area contributed by atoms with Gasteiger partial charge in [0.25, 0.3) is 0 Å². The number of rotatable bonds is 4.